The number of anilines is 1. The van der Waals surface area contributed by atoms with E-state index in [1.165, 1.54) is 11.8 Å². The van der Waals surface area contributed by atoms with Gasteiger partial charge in [0.1, 0.15) is 11.8 Å². The molecule has 0 saturated carbocycles. The van der Waals surface area contributed by atoms with Crippen molar-refractivity contribution >= 4 is 29.3 Å². The summed E-state index contributed by atoms with van der Waals surface area (Å²) >= 11 is 1.28. The first-order chi connectivity index (χ1) is 19.1. The Kier molecular flexibility index (Phi) is 8.94. The van der Waals surface area contributed by atoms with E-state index in [-0.39, 0.29) is 17.6 Å². The van der Waals surface area contributed by atoms with E-state index < -0.39 is 11.6 Å². The molecule has 8 nitrogen and oxygen atoms in total. The third-order valence-electron chi connectivity index (χ3n) is 6.21. The van der Waals surface area contributed by atoms with Gasteiger partial charge in [0.2, 0.25) is 11.8 Å². The van der Waals surface area contributed by atoms with Gasteiger partial charge in [-0.05, 0) is 57.5 Å². The molecule has 1 aromatic heterocycles. The summed E-state index contributed by atoms with van der Waals surface area (Å²) in [5, 5.41) is 12.3. The Morgan fingerprint density at radius 3 is 2.23 bits per heavy atom. The van der Waals surface area contributed by atoms with Crippen molar-refractivity contribution in [2.45, 2.75) is 44.4 Å². The molecule has 40 heavy (non-hydrogen) atoms. The van der Waals surface area contributed by atoms with E-state index in [0.29, 0.717) is 28.0 Å². The smallest absolute Gasteiger partial charge is 0.248 e. The van der Waals surface area contributed by atoms with Gasteiger partial charge in [-0.15, -0.1) is 10.2 Å². The van der Waals surface area contributed by atoms with Crippen LogP contribution in [0.15, 0.2) is 84.0 Å². The molecule has 9 heteroatoms. The summed E-state index contributed by atoms with van der Waals surface area (Å²) < 4.78 is 7.20. The van der Waals surface area contributed by atoms with Crippen molar-refractivity contribution in [1.82, 2.24) is 20.1 Å². The molecule has 0 aliphatic rings. The SMILES string of the molecule is COc1ccc(N(C(=O)CSc2nnc(-c3ccccc3)n2C)[C@H](C(=O)NC(C)(C)C)c2ccc(C)cc2)cc1. The summed E-state index contributed by atoms with van der Waals surface area (Å²) in [5.41, 5.74) is 2.81. The molecule has 0 spiro atoms. The maximum Gasteiger partial charge on any atom is 0.248 e. The van der Waals surface area contributed by atoms with Gasteiger partial charge in [0.15, 0.2) is 11.0 Å². The number of hydrogen-bond donors (Lipinski definition) is 1. The summed E-state index contributed by atoms with van der Waals surface area (Å²) in [6.45, 7) is 7.75. The molecule has 0 radical (unpaired) electrons. The van der Waals surface area contributed by atoms with Crippen LogP contribution in [0.5, 0.6) is 5.75 Å². The molecule has 1 N–H and O–H groups in total. The van der Waals surface area contributed by atoms with E-state index in [4.69, 9.17) is 4.74 Å². The number of aromatic nitrogens is 3. The number of methoxy groups -OCH3 is 1. The number of amides is 2. The summed E-state index contributed by atoms with van der Waals surface area (Å²) in [6, 6.07) is 23.7. The number of rotatable bonds is 9. The maximum atomic E-state index is 14.0. The zero-order chi connectivity index (χ0) is 28.9. The molecule has 2 amide bonds. The fourth-order valence-electron chi connectivity index (χ4n) is 4.26. The molecule has 4 aromatic rings. The van der Waals surface area contributed by atoms with Crippen LogP contribution in [0, 0.1) is 6.92 Å². The predicted molar refractivity (Wildman–Crippen MR) is 159 cm³/mol. The second-order valence-corrected chi connectivity index (χ2v) is 11.5. The van der Waals surface area contributed by atoms with Crippen molar-refractivity contribution in [2.24, 2.45) is 7.05 Å². The van der Waals surface area contributed by atoms with Gasteiger partial charge in [-0.1, -0.05) is 71.9 Å². The Balaban J connectivity index is 1.70. The minimum Gasteiger partial charge on any atom is -0.497 e. The minimum atomic E-state index is -0.888. The van der Waals surface area contributed by atoms with Crippen LogP contribution in [0.25, 0.3) is 11.4 Å². The Morgan fingerprint density at radius 2 is 1.62 bits per heavy atom. The molecule has 4 rings (SSSR count). The van der Waals surface area contributed by atoms with Crippen LogP contribution >= 0.6 is 11.8 Å². The summed E-state index contributed by atoms with van der Waals surface area (Å²) in [6.07, 6.45) is 0. The number of hydrogen-bond acceptors (Lipinski definition) is 6. The third kappa shape index (κ3) is 6.90. The second-order valence-electron chi connectivity index (χ2n) is 10.5. The number of nitrogens with zero attached hydrogens (tertiary/aromatic N) is 4. The predicted octanol–water partition coefficient (Wildman–Crippen LogP) is 5.58. The van der Waals surface area contributed by atoms with Crippen molar-refractivity contribution in [2.75, 3.05) is 17.8 Å². The Labute approximate surface area is 239 Å². The van der Waals surface area contributed by atoms with Crippen LogP contribution in [-0.2, 0) is 16.6 Å². The van der Waals surface area contributed by atoms with Crippen LogP contribution in [-0.4, -0.2) is 45.0 Å². The lowest BCUT2D eigenvalue weighted by Gasteiger charge is -2.34. The number of thioether (sulfide) groups is 1. The highest BCUT2D eigenvalue weighted by Gasteiger charge is 2.34. The number of carbonyl (C=O) groups is 2. The zero-order valence-corrected chi connectivity index (χ0v) is 24.5. The third-order valence-corrected chi connectivity index (χ3v) is 7.21. The Hall–Kier alpha value is -4.11. The van der Waals surface area contributed by atoms with Crippen molar-refractivity contribution in [1.29, 1.82) is 0 Å². The van der Waals surface area contributed by atoms with Gasteiger partial charge in [0.25, 0.3) is 0 Å². The molecule has 1 atom stereocenters. The zero-order valence-electron chi connectivity index (χ0n) is 23.7. The largest absolute Gasteiger partial charge is 0.497 e. The van der Waals surface area contributed by atoms with E-state index in [2.05, 4.69) is 15.5 Å². The number of nitrogens with one attached hydrogen (secondary N) is 1. The number of carbonyl (C=O) groups excluding carboxylic acids is 2. The topological polar surface area (TPSA) is 89.3 Å². The standard InChI is InChI=1S/C31H35N5O3S/c1-21-12-14-22(15-13-21)27(29(38)32-31(2,3)4)36(24-16-18-25(39-6)19-17-24)26(37)20-40-30-34-33-28(35(30)5)23-10-8-7-9-11-23/h7-19,27H,20H2,1-6H3,(H,32,38)/t27-/m0/s1. The van der Waals surface area contributed by atoms with Crippen molar-refractivity contribution < 1.29 is 14.3 Å². The second kappa shape index (κ2) is 12.4. The van der Waals surface area contributed by atoms with Crippen LogP contribution in [0.3, 0.4) is 0 Å². The fraction of sp³-hybridized carbons (Fsp3) is 0.290. The molecule has 3 aromatic carbocycles. The van der Waals surface area contributed by atoms with Crippen LogP contribution in [0.2, 0.25) is 0 Å². The lowest BCUT2D eigenvalue weighted by Crippen LogP contribution is -2.50. The molecule has 0 aliphatic carbocycles. The molecule has 0 aliphatic heterocycles. The van der Waals surface area contributed by atoms with Gasteiger partial charge in [-0.25, -0.2) is 0 Å². The van der Waals surface area contributed by atoms with Gasteiger partial charge in [0.05, 0.1) is 12.9 Å². The Bertz CT molecular complexity index is 1450. The minimum absolute atomic E-state index is 0.0535. The fourth-order valence-corrected chi connectivity index (χ4v) is 5.03. The van der Waals surface area contributed by atoms with Crippen LogP contribution in [0.1, 0.15) is 37.9 Å². The molecule has 0 bridgehead atoms. The van der Waals surface area contributed by atoms with Crippen molar-refractivity contribution in [3.8, 4) is 17.1 Å². The van der Waals surface area contributed by atoms with Crippen LogP contribution < -0.4 is 15.0 Å². The van der Waals surface area contributed by atoms with Crippen molar-refractivity contribution in [3.05, 3.63) is 90.0 Å². The normalized spacial score (nSPS) is 12.1. The number of ether oxygens (including phenoxy) is 1. The first kappa shape index (κ1) is 28.9. The monoisotopic (exact) mass is 557 g/mol. The molecule has 0 unspecified atom stereocenters. The van der Waals surface area contributed by atoms with Gasteiger partial charge < -0.3 is 14.6 Å². The lowest BCUT2D eigenvalue weighted by molar-refractivity contribution is -0.127. The average Bonchev–Trinajstić information content (AvgIpc) is 3.30. The maximum absolute atomic E-state index is 14.0. The molecule has 1 heterocycles. The van der Waals surface area contributed by atoms with Crippen molar-refractivity contribution in [3.63, 3.8) is 0 Å². The van der Waals surface area contributed by atoms with E-state index >= 15 is 0 Å². The van der Waals surface area contributed by atoms with Gasteiger partial charge in [-0.2, -0.15) is 0 Å². The van der Waals surface area contributed by atoms with Gasteiger partial charge in [-0.3, -0.25) is 14.5 Å². The van der Waals surface area contributed by atoms with Gasteiger partial charge >= 0.3 is 0 Å². The lowest BCUT2D eigenvalue weighted by atomic mass is 10.00. The summed E-state index contributed by atoms with van der Waals surface area (Å²) in [7, 11) is 3.47. The highest BCUT2D eigenvalue weighted by Crippen LogP contribution is 2.32. The summed E-state index contributed by atoms with van der Waals surface area (Å²) in [4.78, 5) is 29.4. The summed E-state index contributed by atoms with van der Waals surface area (Å²) in [5.74, 6) is 0.913. The van der Waals surface area contributed by atoms with E-state index in [9.17, 15) is 9.59 Å². The molecule has 208 valence electrons. The number of benzene rings is 3. The van der Waals surface area contributed by atoms with E-state index in [1.807, 2.05) is 93.9 Å². The molecular weight excluding hydrogens is 522 g/mol. The average molecular weight is 558 g/mol. The highest BCUT2D eigenvalue weighted by molar-refractivity contribution is 7.99. The number of aryl methyl sites for hydroxylation is 1. The van der Waals surface area contributed by atoms with E-state index in [0.717, 1.165) is 11.1 Å². The molecular formula is C31H35N5O3S. The molecule has 0 saturated heterocycles. The Morgan fingerprint density at radius 1 is 0.975 bits per heavy atom. The first-order valence-corrected chi connectivity index (χ1v) is 14.0. The van der Waals surface area contributed by atoms with Crippen LogP contribution in [0.4, 0.5) is 5.69 Å². The molecule has 0 fully saturated rings. The van der Waals surface area contributed by atoms with Gasteiger partial charge in [0, 0.05) is 23.8 Å². The quantitative estimate of drug-likeness (QED) is 0.270. The van der Waals surface area contributed by atoms with E-state index in [1.54, 1.807) is 36.3 Å². The first-order valence-electron chi connectivity index (χ1n) is 13.0. The highest BCUT2D eigenvalue weighted by atomic mass is 32.2.